The van der Waals surface area contributed by atoms with Gasteiger partial charge in [-0.15, -0.1) is 0 Å². The molecule has 1 aromatic rings. The zero-order valence-electron chi connectivity index (χ0n) is 9.55. The van der Waals surface area contributed by atoms with Crippen molar-refractivity contribution >= 4 is 11.4 Å². The molecular weight excluding hydrogens is 188 g/mol. The van der Waals surface area contributed by atoms with E-state index in [1.807, 2.05) is 32.0 Å². The molecule has 1 aliphatic rings. The monoisotopic (exact) mass is 206 g/mol. The molecule has 2 N–H and O–H groups in total. The Morgan fingerprint density at radius 3 is 2.80 bits per heavy atom. The number of hydrogen-bond acceptors (Lipinski definition) is 3. The Bertz CT molecular complexity index is 347. The molecule has 0 saturated carbocycles. The molecule has 0 bridgehead atoms. The van der Waals surface area contributed by atoms with Crippen molar-refractivity contribution in [2.45, 2.75) is 20.8 Å². The van der Waals surface area contributed by atoms with Crippen molar-refractivity contribution in [3.05, 3.63) is 23.8 Å². The van der Waals surface area contributed by atoms with E-state index in [2.05, 4.69) is 5.32 Å². The molecule has 15 heavy (non-hydrogen) atoms. The van der Waals surface area contributed by atoms with E-state index in [0.717, 1.165) is 23.5 Å². The Labute approximate surface area is 91.0 Å². The molecule has 0 aliphatic carbocycles. The maximum absolute atomic E-state index is 7.58. The second-order valence-electron chi connectivity index (χ2n) is 3.08. The number of ether oxygens (including phenoxy) is 1. The van der Waals surface area contributed by atoms with Crippen molar-refractivity contribution in [2.24, 2.45) is 0 Å². The minimum absolute atomic E-state index is 0.565. The molecule has 82 valence electrons. The van der Waals surface area contributed by atoms with E-state index in [-0.39, 0.29) is 0 Å². The van der Waals surface area contributed by atoms with Gasteiger partial charge in [-0.2, -0.15) is 0 Å². The number of nitrogens with one attached hydrogen (secondary N) is 2. The Kier molecular flexibility index (Phi) is 4.16. The molecule has 1 heterocycles. The van der Waals surface area contributed by atoms with Crippen molar-refractivity contribution in [2.75, 3.05) is 18.5 Å². The normalized spacial score (nSPS) is 12.5. The van der Waals surface area contributed by atoms with Crippen molar-refractivity contribution in [1.29, 1.82) is 5.41 Å². The van der Waals surface area contributed by atoms with E-state index in [4.69, 9.17) is 10.1 Å². The molecule has 0 saturated heterocycles. The van der Waals surface area contributed by atoms with Gasteiger partial charge in [-0.25, -0.2) is 0 Å². The molecule has 0 fully saturated rings. The van der Waals surface area contributed by atoms with Crippen LogP contribution in [0.5, 0.6) is 5.75 Å². The second-order valence-corrected chi connectivity index (χ2v) is 3.08. The molecule has 0 radical (unpaired) electrons. The summed E-state index contributed by atoms with van der Waals surface area (Å²) in [7, 11) is 0. The molecule has 3 nitrogen and oxygen atoms in total. The maximum Gasteiger partial charge on any atom is 0.143 e. The zero-order chi connectivity index (χ0) is 11.3. The summed E-state index contributed by atoms with van der Waals surface area (Å²) < 4.78 is 5.46. The fraction of sp³-hybridized carbons (Fsp3) is 0.417. The average Bonchev–Trinajstić information content (AvgIpc) is 2.31. The first-order valence-corrected chi connectivity index (χ1v) is 5.34. The van der Waals surface area contributed by atoms with Gasteiger partial charge in [0.25, 0.3) is 0 Å². The standard InChI is InChI=1S/C10H12N2O.C2H6/c1-7(11)8-3-2-4-9-10(8)12-5-6-13-9;1-2/h2-4,11-12H,5-6H2,1H3;1-2H3. The number of benzene rings is 1. The van der Waals surface area contributed by atoms with Crippen molar-refractivity contribution in [3.8, 4) is 5.75 Å². The van der Waals surface area contributed by atoms with E-state index in [1.165, 1.54) is 0 Å². The quantitative estimate of drug-likeness (QED) is 0.694. The second kappa shape index (κ2) is 5.39. The largest absolute Gasteiger partial charge is 0.490 e. The fourth-order valence-electron chi connectivity index (χ4n) is 1.48. The maximum atomic E-state index is 7.58. The minimum atomic E-state index is 0.565. The lowest BCUT2D eigenvalue weighted by Crippen LogP contribution is -2.19. The average molecular weight is 206 g/mol. The number of anilines is 1. The summed E-state index contributed by atoms with van der Waals surface area (Å²) in [6.07, 6.45) is 0. The summed E-state index contributed by atoms with van der Waals surface area (Å²) in [5.41, 5.74) is 2.45. The molecule has 1 aromatic carbocycles. The first kappa shape index (κ1) is 11.6. The van der Waals surface area contributed by atoms with Crippen molar-refractivity contribution in [3.63, 3.8) is 0 Å². The number of fused-ring (bicyclic) bond motifs is 1. The third-order valence-corrected chi connectivity index (χ3v) is 2.09. The fourth-order valence-corrected chi connectivity index (χ4v) is 1.48. The van der Waals surface area contributed by atoms with Gasteiger partial charge in [0.05, 0.1) is 5.69 Å². The van der Waals surface area contributed by atoms with Crippen LogP contribution in [0.4, 0.5) is 5.69 Å². The summed E-state index contributed by atoms with van der Waals surface area (Å²) in [5, 5.41) is 10.8. The molecule has 0 atom stereocenters. The van der Waals surface area contributed by atoms with Crippen molar-refractivity contribution in [1.82, 2.24) is 0 Å². The van der Waals surface area contributed by atoms with Gasteiger partial charge in [0.15, 0.2) is 0 Å². The molecule has 2 rings (SSSR count). The topological polar surface area (TPSA) is 45.1 Å². The summed E-state index contributed by atoms with van der Waals surface area (Å²) in [6, 6.07) is 5.77. The summed E-state index contributed by atoms with van der Waals surface area (Å²) >= 11 is 0. The first-order chi connectivity index (χ1) is 7.29. The SMILES string of the molecule is CC.CC(=N)c1cccc2c1NCCO2. The van der Waals surface area contributed by atoms with Crippen LogP contribution < -0.4 is 10.1 Å². The summed E-state index contributed by atoms with van der Waals surface area (Å²) in [5.74, 6) is 0.857. The van der Waals surface area contributed by atoms with Gasteiger partial charge in [-0.3, -0.25) is 0 Å². The van der Waals surface area contributed by atoms with Gasteiger partial charge in [0.1, 0.15) is 12.4 Å². The van der Waals surface area contributed by atoms with Crippen molar-refractivity contribution < 1.29 is 4.74 Å². The molecular formula is C12H18N2O. The molecule has 1 aliphatic heterocycles. The Morgan fingerprint density at radius 1 is 1.40 bits per heavy atom. The molecule has 0 spiro atoms. The smallest absolute Gasteiger partial charge is 0.143 e. The molecule has 0 amide bonds. The summed E-state index contributed by atoms with van der Waals surface area (Å²) in [6.45, 7) is 7.30. The van der Waals surface area contributed by atoms with Crippen LogP contribution in [-0.2, 0) is 0 Å². The van der Waals surface area contributed by atoms with Crippen LogP contribution in [0.3, 0.4) is 0 Å². The van der Waals surface area contributed by atoms with Crippen LogP contribution in [0.1, 0.15) is 26.3 Å². The lowest BCUT2D eigenvalue weighted by atomic mass is 10.1. The third kappa shape index (κ3) is 2.49. The number of rotatable bonds is 1. The highest BCUT2D eigenvalue weighted by molar-refractivity contribution is 6.02. The predicted molar refractivity (Wildman–Crippen MR) is 64.3 cm³/mol. The highest BCUT2D eigenvalue weighted by Crippen LogP contribution is 2.30. The van der Waals surface area contributed by atoms with E-state index in [9.17, 15) is 0 Å². The molecule has 0 unspecified atom stereocenters. The third-order valence-electron chi connectivity index (χ3n) is 2.09. The van der Waals surface area contributed by atoms with E-state index in [1.54, 1.807) is 6.92 Å². The Balaban J connectivity index is 0.000000531. The minimum Gasteiger partial charge on any atom is -0.490 e. The van der Waals surface area contributed by atoms with E-state index in [0.29, 0.717) is 12.3 Å². The van der Waals surface area contributed by atoms with Crippen LogP contribution in [0.25, 0.3) is 0 Å². The molecule has 0 aromatic heterocycles. The first-order valence-electron chi connectivity index (χ1n) is 5.34. The number of hydrogen-bond donors (Lipinski definition) is 2. The zero-order valence-corrected chi connectivity index (χ0v) is 9.55. The van der Waals surface area contributed by atoms with Crippen LogP contribution in [0.2, 0.25) is 0 Å². The van der Waals surface area contributed by atoms with Gasteiger partial charge in [0, 0.05) is 17.8 Å². The lowest BCUT2D eigenvalue weighted by Gasteiger charge is -2.21. The lowest BCUT2D eigenvalue weighted by molar-refractivity contribution is 0.323. The molecule has 3 heteroatoms. The Morgan fingerprint density at radius 2 is 2.13 bits per heavy atom. The van der Waals surface area contributed by atoms with Gasteiger partial charge in [-0.05, 0) is 13.0 Å². The van der Waals surface area contributed by atoms with Gasteiger partial charge in [0.2, 0.25) is 0 Å². The van der Waals surface area contributed by atoms with Crippen LogP contribution in [0, 0.1) is 5.41 Å². The van der Waals surface area contributed by atoms with E-state index >= 15 is 0 Å². The Hall–Kier alpha value is -1.51. The van der Waals surface area contributed by atoms with Gasteiger partial charge < -0.3 is 15.5 Å². The van der Waals surface area contributed by atoms with Crippen LogP contribution >= 0.6 is 0 Å². The van der Waals surface area contributed by atoms with E-state index < -0.39 is 0 Å². The predicted octanol–water partition coefficient (Wildman–Crippen LogP) is 2.90. The highest BCUT2D eigenvalue weighted by atomic mass is 16.5. The highest BCUT2D eigenvalue weighted by Gasteiger charge is 2.13. The van der Waals surface area contributed by atoms with Crippen LogP contribution in [0.15, 0.2) is 18.2 Å². The number of para-hydroxylation sites is 1. The van der Waals surface area contributed by atoms with Crippen LogP contribution in [-0.4, -0.2) is 18.9 Å². The van der Waals surface area contributed by atoms with Gasteiger partial charge >= 0.3 is 0 Å². The summed E-state index contributed by atoms with van der Waals surface area (Å²) in [4.78, 5) is 0. The van der Waals surface area contributed by atoms with Gasteiger partial charge in [-0.1, -0.05) is 26.0 Å².